The molecule has 21 heavy (non-hydrogen) atoms. The lowest BCUT2D eigenvalue weighted by Crippen LogP contribution is -2.45. The summed E-state index contributed by atoms with van der Waals surface area (Å²) in [4.78, 5) is 0. The van der Waals surface area contributed by atoms with Crippen LogP contribution in [0, 0.1) is 11.2 Å². The van der Waals surface area contributed by atoms with Crippen molar-refractivity contribution in [3.63, 3.8) is 0 Å². The van der Waals surface area contributed by atoms with Gasteiger partial charge in [0.25, 0.3) is 0 Å². The van der Waals surface area contributed by atoms with Gasteiger partial charge in [0.05, 0.1) is 0 Å². The van der Waals surface area contributed by atoms with E-state index in [-0.39, 0.29) is 16.8 Å². The summed E-state index contributed by atoms with van der Waals surface area (Å²) in [6.07, 6.45) is 6.81. The molecular weight excluding hydrogens is 285 g/mol. The van der Waals surface area contributed by atoms with Crippen LogP contribution in [0.25, 0.3) is 0 Å². The van der Waals surface area contributed by atoms with E-state index in [2.05, 4.69) is 26.1 Å². The number of benzene rings is 1. The van der Waals surface area contributed by atoms with Crippen molar-refractivity contribution in [2.24, 2.45) is 5.41 Å². The lowest BCUT2D eigenvalue weighted by molar-refractivity contribution is 0.164. The molecule has 1 fully saturated rings. The predicted molar refractivity (Wildman–Crippen MR) is 88.4 cm³/mol. The molecule has 1 aromatic carbocycles. The van der Waals surface area contributed by atoms with Gasteiger partial charge >= 0.3 is 0 Å². The summed E-state index contributed by atoms with van der Waals surface area (Å²) >= 11 is 6.24. The Bertz CT molecular complexity index is 452. The molecule has 1 N–H and O–H groups in total. The van der Waals surface area contributed by atoms with Crippen LogP contribution in [0.1, 0.15) is 58.4 Å². The van der Waals surface area contributed by atoms with E-state index in [1.54, 1.807) is 12.1 Å². The number of rotatable bonds is 4. The van der Waals surface area contributed by atoms with Gasteiger partial charge in [-0.15, -0.1) is 0 Å². The first kappa shape index (κ1) is 16.8. The lowest BCUT2D eigenvalue weighted by Gasteiger charge is -2.40. The summed E-state index contributed by atoms with van der Waals surface area (Å²) in [7, 11) is 0. The van der Waals surface area contributed by atoms with E-state index in [1.165, 1.54) is 25.3 Å². The van der Waals surface area contributed by atoms with Gasteiger partial charge in [-0.3, -0.25) is 0 Å². The number of hydrogen-bond donors (Lipinski definition) is 1. The van der Waals surface area contributed by atoms with Crippen LogP contribution in [0.5, 0.6) is 0 Å². The highest BCUT2D eigenvalue weighted by molar-refractivity contribution is 6.31. The molecule has 1 saturated carbocycles. The van der Waals surface area contributed by atoms with Crippen LogP contribution in [0.3, 0.4) is 0 Å². The Morgan fingerprint density at radius 1 is 1.19 bits per heavy atom. The summed E-state index contributed by atoms with van der Waals surface area (Å²) in [5.41, 5.74) is 0.915. The molecule has 3 heteroatoms. The second-order valence-electron chi connectivity index (χ2n) is 7.54. The highest BCUT2D eigenvalue weighted by Crippen LogP contribution is 2.40. The molecule has 1 nitrogen and oxygen atoms in total. The van der Waals surface area contributed by atoms with E-state index in [1.807, 2.05) is 0 Å². The van der Waals surface area contributed by atoms with Crippen LogP contribution < -0.4 is 5.32 Å². The molecule has 0 spiro atoms. The molecule has 0 aliphatic heterocycles. The molecular formula is C18H27ClFN. The van der Waals surface area contributed by atoms with Crippen LogP contribution in [-0.4, -0.2) is 12.1 Å². The minimum Gasteiger partial charge on any atom is -0.312 e. The van der Waals surface area contributed by atoms with Gasteiger partial charge in [0.15, 0.2) is 0 Å². The van der Waals surface area contributed by atoms with Crippen molar-refractivity contribution in [3.8, 4) is 0 Å². The zero-order valence-corrected chi connectivity index (χ0v) is 14.2. The maximum atomic E-state index is 14.1. The zero-order valence-electron chi connectivity index (χ0n) is 13.4. The predicted octanol–water partition coefficient (Wildman–Crippen LogP) is 5.36. The summed E-state index contributed by atoms with van der Waals surface area (Å²) in [5, 5.41) is 4.19. The monoisotopic (exact) mass is 311 g/mol. The van der Waals surface area contributed by atoms with Crippen molar-refractivity contribution >= 4 is 11.6 Å². The largest absolute Gasteiger partial charge is 0.312 e. The van der Waals surface area contributed by atoms with Crippen molar-refractivity contribution in [3.05, 3.63) is 34.6 Å². The van der Waals surface area contributed by atoms with E-state index in [0.717, 1.165) is 25.8 Å². The molecule has 1 aliphatic rings. The fraction of sp³-hybridized carbons (Fsp3) is 0.667. The molecule has 0 heterocycles. The van der Waals surface area contributed by atoms with Gasteiger partial charge in [0, 0.05) is 22.7 Å². The van der Waals surface area contributed by atoms with E-state index < -0.39 is 0 Å². The van der Waals surface area contributed by atoms with Gasteiger partial charge < -0.3 is 5.32 Å². The number of nitrogens with one attached hydrogen (secondary N) is 1. The average Bonchev–Trinajstić information content (AvgIpc) is 2.42. The third-order valence-corrected chi connectivity index (χ3v) is 4.88. The van der Waals surface area contributed by atoms with Crippen LogP contribution in [0.2, 0.25) is 5.02 Å². The Hall–Kier alpha value is -0.600. The molecule has 1 aliphatic carbocycles. The highest BCUT2D eigenvalue weighted by atomic mass is 35.5. The average molecular weight is 312 g/mol. The molecule has 0 saturated heterocycles. The smallest absolute Gasteiger partial charge is 0.127 e. The Labute approximate surface area is 133 Å². The molecule has 118 valence electrons. The van der Waals surface area contributed by atoms with E-state index in [4.69, 9.17) is 11.6 Å². The Morgan fingerprint density at radius 2 is 1.86 bits per heavy atom. The van der Waals surface area contributed by atoms with Gasteiger partial charge in [-0.05, 0) is 57.6 Å². The maximum absolute atomic E-state index is 14.1. The lowest BCUT2D eigenvalue weighted by atomic mass is 9.70. The van der Waals surface area contributed by atoms with Gasteiger partial charge in [-0.25, -0.2) is 4.39 Å². The topological polar surface area (TPSA) is 12.0 Å². The van der Waals surface area contributed by atoms with Crippen molar-refractivity contribution in [2.45, 2.75) is 64.8 Å². The third kappa shape index (κ3) is 4.69. The van der Waals surface area contributed by atoms with Crippen molar-refractivity contribution < 1.29 is 4.39 Å². The second-order valence-corrected chi connectivity index (χ2v) is 7.95. The SMILES string of the molecule is CC(C)(C)NCC1(Cc2c(F)cccc2Cl)CCCCC1. The maximum Gasteiger partial charge on any atom is 0.127 e. The minimum atomic E-state index is -0.164. The van der Waals surface area contributed by atoms with Crippen molar-refractivity contribution in [1.29, 1.82) is 0 Å². The van der Waals surface area contributed by atoms with E-state index in [9.17, 15) is 4.39 Å². The zero-order chi connectivity index (χ0) is 15.5. The molecule has 0 atom stereocenters. The summed E-state index contributed by atoms with van der Waals surface area (Å²) in [6.45, 7) is 7.47. The van der Waals surface area contributed by atoms with E-state index in [0.29, 0.717) is 10.6 Å². The summed E-state index contributed by atoms with van der Waals surface area (Å²) < 4.78 is 14.1. The van der Waals surface area contributed by atoms with Crippen molar-refractivity contribution in [1.82, 2.24) is 5.32 Å². The number of hydrogen-bond acceptors (Lipinski definition) is 1. The molecule has 1 aromatic rings. The molecule has 0 aromatic heterocycles. The standard InChI is InChI=1S/C18H27ClFN/c1-17(2,3)21-13-18(10-5-4-6-11-18)12-14-15(19)8-7-9-16(14)20/h7-9,21H,4-6,10-13H2,1-3H3. The summed E-state index contributed by atoms with van der Waals surface area (Å²) in [6, 6.07) is 5.00. The fourth-order valence-electron chi connectivity index (χ4n) is 3.25. The van der Waals surface area contributed by atoms with Gasteiger partial charge in [-0.1, -0.05) is 36.9 Å². The van der Waals surface area contributed by atoms with Crippen LogP contribution in [0.4, 0.5) is 4.39 Å². The van der Waals surface area contributed by atoms with Crippen LogP contribution >= 0.6 is 11.6 Å². The van der Waals surface area contributed by atoms with Gasteiger partial charge in [0.1, 0.15) is 5.82 Å². The quantitative estimate of drug-likeness (QED) is 0.789. The van der Waals surface area contributed by atoms with Crippen LogP contribution in [0.15, 0.2) is 18.2 Å². The first-order valence-corrected chi connectivity index (χ1v) is 8.37. The second kappa shape index (κ2) is 6.66. The van der Waals surface area contributed by atoms with Crippen molar-refractivity contribution in [2.75, 3.05) is 6.54 Å². The van der Waals surface area contributed by atoms with Gasteiger partial charge in [-0.2, -0.15) is 0 Å². The van der Waals surface area contributed by atoms with E-state index >= 15 is 0 Å². The Morgan fingerprint density at radius 3 is 2.43 bits per heavy atom. The Kier molecular flexibility index (Phi) is 5.32. The third-order valence-electron chi connectivity index (χ3n) is 4.52. The molecule has 0 radical (unpaired) electrons. The van der Waals surface area contributed by atoms with Crippen LogP contribution in [-0.2, 0) is 6.42 Å². The summed E-state index contributed by atoms with van der Waals surface area (Å²) in [5.74, 6) is -0.164. The van der Waals surface area contributed by atoms with Gasteiger partial charge in [0.2, 0.25) is 0 Å². The number of halogens is 2. The normalized spacial score (nSPS) is 18.7. The Balaban J connectivity index is 2.20. The first-order chi connectivity index (χ1) is 9.81. The fourth-order valence-corrected chi connectivity index (χ4v) is 3.48. The molecule has 0 bridgehead atoms. The molecule has 0 amide bonds. The first-order valence-electron chi connectivity index (χ1n) is 7.99. The molecule has 2 rings (SSSR count). The molecule has 0 unspecified atom stereocenters. The highest BCUT2D eigenvalue weighted by Gasteiger charge is 2.34. The minimum absolute atomic E-state index is 0.0868.